The van der Waals surface area contributed by atoms with Crippen LogP contribution in [0.5, 0.6) is 0 Å². The van der Waals surface area contributed by atoms with Crippen LogP contribution in [0.4, 0.5) is 9.18 Å². The monoisotopic (exact) mass is 357 g/mol. The van der Waals surface area contributed by atoms with Gasteiger partial charge in [-0.15, -0.1) is 0 Å². The minimum atomic E-state index is -0.575. The molecule has 1 aliphatic rings. The number of rotatable bonds is 3. The summed E-state index contributed by atoms with van der Waals surface area (Å²) in [6, 6.07) is 3.65. The third-order valence-electron chi connectivity index (χ3n) is 3.60. The molecule has 1 saturated heterocycles. The molecule has 5 nitrogen and oxygen atoms in total. The van der Waals surface area contributed by atoms with E-state index in [1.165, 1.54) is 15.9 Å². The van der Waals surface area contributed by atoms with Crippen molar-refractivity contribution in [1.82, 2.24) is 9.80 Å². The second-order valence-corrected chi connectivity index (χ2v) is 5.99. The molecule has 1 atom stereocenters. The zero-order valence-electron chi connectivity index (χ0n) is 11.7. The number of benzene rings is 1. The fraction of sp³-hybridized carbons (Fsp3) is 0.429. The van der Waals surface area contributed by atoms with E-state index < -0.39 is 12.1 Å². The minimum absolute atomic E-state index is 0.172. The molecule has 1 aliphatic heterocycles. The summed E-state index contributed by atoms with van der Waals surface area (Å²) in [4.78, 5) is 26.6. The highest BCUT2D eigenvalue weighted by Crippen LogP contribution is 2.21. The van der Waals surface area contributed by atoms with Crippen LogP contribution in [0.2, 0.25) is 0 Å². The van der Waals surface area contributed by atoms with E-state index in [-0.39, 0.29) is 18.3 Å². The molecule has 0 aliphatic carbocycles. The van der Waals surface area contributed by atoms with E-state index in [1.807, 2.05) is 0 Å². The largest absolute Gasteiger partial charge is 0.351 e. The van der Waals surface area contributed by atoms with Gasteiger partial charge in [-0.1, -0.05) is 6.07 Å². The molecular weight excluding hydrogens is 341 g/mol. The van der Waals surface area contributed by atoms with Crippen molar-refractivity contribution in [2.45, 2.75) is 25.4 Å². The Morgan fingerprint density at radius 3 is 2.86 bits per heavy atom. The van der Waals surface area contributed by atoms with Gasteiger partial charge in [0, 0.05) is 20.1 Å². The molecule has 21 heavy (non-hydrogen) atoms. The number of nitrogens with two attached hydrogens (primary N) is 1. The van der Waals surface area contributed by atoms with Crippen LogP contribution in [0, 0.1) is 5.82 Å². The molecule has 3 amide bonds. The fourth-order valence-corrected chi connectivity index (χ4v) is 2.78. The molecule has 7 heteroatoms. The van der Waals surface area contributed by atoms with Crippen molar-refractivity contribution >= 4 is 27.9 Å². The number of hydrogen-bond donors (Lipinski definition) is 1. The molecule has 114 valence electrons. The number of primary amides is 1. The van der Waals surface area contributed by atoms with E-state index in [4.69, 9.17) is 5.73 Å². The van der Waals surface area contributed by atoms with Gasteiger partial charge in [0.15, 0.2) is 0 Å². The Labute approximate surface area is 131 Å². The minimum Gasteiger partial charge on any atom is -0.351 e. The lowest BCUT2D eigenvalue weighted by Gasteiger charge is -2.26. The quantitative estimate of drug-likeness (QED) is 0.899. The molecule has 0 radical (unpaired) electrons. The number of likely N-dealkylation sites (tertiary alicyclic amines) is 1. The first-order valence-corrected chi connectivity index (χ1v) is 7.44. The van der Waals surface area contributed by atoms with Crippen molar-refractivity contribution in [3.8, 4) is 0 Å². The first-order chi connectivity index (χ1) is 9.90. The maximum atomic E-state index is 13.5. The van der Waals surface area contributed by atoms with Crippen molar-refractivity contribution in [2.24, 2.45) is 5.73 Å². The third kappa shape index (κ3) is 3.53. The van der Waals surface area contributed by atoms with Crippen molar-refractivity contribution in [3.63, 3.8) is 0 Å². The lowest BCUT2D eigenvalue weighted by Crippen LogP contribution is -2.48. The van der Waals surface area contributed by atoms with Crippen LogP contribution in [-0.2, 0) is 11.3 Å². The van der Waals surface area contributed by atoms with E-state index in [0.29, 0.717) is 23.0 Å². The summed E-state index contributed by atoms with van der Waals surface area (Å²) in [7, 11) is 1.64. The average molecular weight is 358 g/mol. The van der Waals surface area contributed by atoms with E-state index in [0.717, 1.165) is 6.42 Å². The number of nitrogens with zero attached hydrogens (tertiary/aromatic N) is 2. The van der Waals surface area contributed by atoms with Gasteiger partial charge in [-0.2, -0.15) is 0 Å². The van der Waals surface area contributed by atoms with Gasteiger partial charge in [-0.05, 0) is 46.5 Å². The van der Waals surface area contributed by atoms with Crippen LogP contribution in [0.3, 0.4) is 0 Å². The van der Waals surface area contributed by atoms with Gasteiger partial charge in [0.25, 0.3) is 0 Å². The van der Waals surface area contributed by atoms with Gasteiger partial charge >= 0.3 is 6.03 Å². The zero-order chi connectivity index (χ0) is 15.6. The van der Waals surface area contributed by atoms with Gasteiger partial charge in [0.2, 0.25) is 5.91 Å². The predicted octanol–water partition coefficient (Wildman–Crippen LogP) is 2.09. The summed E-state index contributed by atoms with van der Waals surface area (Å²) in [6.07, 6.45) is 1.38. The number of likely N-dealkylation sites (N-methyl/N-ethyl adjacent to an activating group) is 1. The van der Waals surface area contributed by atoms with Gasteiger partial charge in [-0.3, -0.25) is 4.79 Å². The molecule has 2 N–H and O–H groups in total. The standard InChI is InChI=1S/C14H17BrFN3O2/c1-18(8-9-4-5-10(15)11(16)7-9)13(20)12-3-2-6-19(12)14(17)21/h4-5,7,12H,2-3,6,8H2,1H3,(H2,17,21)/t12-/m0/s1. The summed E-state index contributed by atoms with van der Waals surface area (Å²) in [5, 5.41) is 0. The van der Waals surface area contributed by atoms with Crippen molar-refractivity contribution in [2.75, 3.05) is 13.6 Å². The van der Waals surface area contributed by atoms with Crippen LogP contribution < -0.4 is 5.73 Å². The van der Waals surface area contributed by atoms with E-state index in [2.05, 4.69) is 15.9 Å². The van der Waals surface area contributed by atoms with E-state index >= 15 is 0 Å². The normalized spacial score (nSPS) is 17.9. The average Bonchev–Trinajstić information content (AvgIpc) is 2.91. The van der Waals surface area contributed by atoms with E-state index in [9.17, 15) is 14.0 Å². The number of carbonyl (C=O) groups excluding carboxylic acids is 2. The lowest BCUT2D eigenvalue weighted by molar-refractivity contribution is -0.134. The lowest BCUT2D eigenvalue weighted by atomic mass is 10.1. The highest BCUT2D eigenvalue weighted by Gasteiger charge is 2.34. The maximum absolute atomic E-state index is 13.5. The summed E-state index contributed by atoms with van der Waals surface area (Å²) in [5.74, 6) is -0.539. The van der Waals surface area contributed by atoms with Crippen LogP contribution in [0.1, 0.15) is 18.4 Å². The molecule has 0 aromatic heterocycles. The SMILES string of the molecule is CN(Cc1ccc(Br)c(F)c1)C(=O)[C@@H]1CCCN1C(N)=O. The number of urea groups is 1. The van der Waals surface area contributed by atoms with Gasteiger partial charge < -0.3 is 15.5 Å². The Morgan fingerprint density at radius 2 is 2.24 bits per heavy atom. The molecule has 1 fully saturated rings. The fourth-order valence-electron chi connectivity index (χ4n) is 2.53. The van der Waals surface area contributed by atoms with Crippen molar-refractivity contribution < 1.29 is 14.0 Å². The van der Waals surface area contributed by atoms with E-state index in [1.54, 1.807) is 19.2 Å². The molecule has 0 unspecified atom stereocenters. The Morgan fingerprint density at radius 1 is 1.52 bits per heavy atom. The Balaban J connectivity index is 2.05. The summed E-state index contributed by atoms with van der Waals surface area (Å²) < 4.78 is 13.9. The molecular formula is C14H17BrFN3O2. The number of amides is 3. The highest BCUT2D eigenvalue weighted by atomic mass is 79.9. The summed E-state index contributed by atoms with van der Waals surface area (Å²) >= 11 is 3.09. The summed E-state index contributed by atoms with van der Waals surface area (Å²) in [5.41, 5.74) is 5.97. The highest BCUT2D eigenvalue weighted by molar-refractivity contribution is 9.10. The number of carbonyl (C=O) groups is 2. The molecule has 0 bridgehead atoms. The van der Waals surface area contributed by atoms with Crippen LogP contribution in [0.25, 0.3) is 0 Å². The predicted molar refractivity (Wildman–Crippen MR) is 79.9 cm³/mol. The molecule has 1 aromatic rings. The Hall–Kier alpha value is -1.63. The smallest absolute Gasteiger partial charge is 0.315 e. The van der Waals surface area contributed by atoms with Crippen LogP contribution >= 0.6 is 15.9 Å². The Bertz CT molecular complexity index is 567. The van der Waals surface area contributed by atoms with Crippen LogP contribution in [-0.4, -0.2) is 41.4 Å². The first kappa shape index (κ1) is 15.8. The summed E-state index contributed by atoms with van der Waals surface area (Å²) in [6.45, 7) is 0.790. The van der Waals surface area contributed by atoms with Gasteiger partial charge in [-0.25, -0.2) is 9.18 Å². The maximum Gasteiger partial charge on any atom is 0.315 e. The first-order valence-electron chi connectivity index (χ1n) is 6.65. The van der Waals surface area contributed by atoms with Gasteiger partial charge in [0.05, 0.1) is 4.47 Å². The van der Waals surface area contributed by atoms with Crippen LogP contribution in [0.15, 0.2) is 22.7 Å². The second kappa shape index (κ2) is 6.43. The molecule has 0 saturated carbocycles. The van der Waals surface area contributed by atoms with Crippen molar-refractivity contribution in [1.29, 1.82) is 0 Å². The third-order valence-corrected chi connectivity index (χ3v) is 4.24. The molecule has 1 heterocycles. The number of hydrogen-bond acceptors (Lipinski definition) is 2. The van der Waals surface area contributed by atoms with Crippen molar-refractivity contribution in [3.05, 3.63) is 34.1 Å². The molecule has 2 rings (SSSR count). The second-order valence-electron chi connectivity index (χ2n) is 5.13. The molecule has 1 aromatic carbocycles. The zero-order valence-corrected chi connectivity index (χ0v) is 13.3. The topological polar surface area (TPSA) is 66.6 Å². The molecule has 0 spiro atoms. The Kier molecular flexibility index (Phi) is 4.82. The number of halogens is 2. The van der Waals surface area contributed by atoms with Gasteiger partial charge in [0.1, 0.15) is 11.9 Å².